The van der Waals surface area contributed by atoms with Gasteiger partial charge in [-0.05, 0) is 20.8 Å². The summed E-state index contributed by atoms with van der Waals surface area (Å²) in [6.45, 7) is 5.79. The molecule has 0 aliphatic carbocycles. The van der Waals surface area contributed by atoms with E-state index in [0.717, 1.165) is 0 Å². The summed E-state index contributed by atoms with van der Waals surface area (Å²) in [6.07, 6.45) is 0. The second-order valence-electron chi connectivity index (χ2n) is 2.47. The summed E-state index contributed by atoms with van der Waals surface area (Å²) in [5.74, 6) is 0. The van der Waals surface area contributed by atoms with E-state index < -0.39 is 15.3 Å². The Morgan fingerprint density at radius 1 is 0.889 bits per heavy atom. The number of aliphatic hydroxyl groups excluding tert-OH is 3. The van der Waals surface area contributed by atoms with Crippen molar-refractivity contribution in [1.29, 1.82) is 0 Å². The van der Waals surface area contributed by atoms with Crippen LogP contribution in [0.15, 0.2) is 24.3 Å². The summed E-state index contributed by atoms with van der Waals surface area (Å²) < 4.78 is 23.9. The van der Waals surface area contributed by atoms with Crippen molar-refractivity contribution in [3.8, 4) is 0 Å². The first-order valence-electron chi connectivity index (χ1n) is 5.37. The maximum absolute atomic E-state index is 11.8. The summed E-state index contributed by atoms with van der Waals surface area (Å²) in [4.78, 5) is 0. The third-order valence-corrected chi connectivity index (χ3v) is 2.81. The van der Waals surface area contributed by atoms with Crippen LogP contribution in [0.25, 0.3) is 0 Å². The molecule has 1 aromatic rings. The molecule has 0 aliphatic rings. The Morgan fingerprint density at radius 3 is 1.22 bits per heavy atom. The molecule has 108 valence electrons. The minimum Gasteiger partial charge on any atom is 0 e. The molecule has 3 nitrogen and oxygen atoms in total. The number of rotatable bonds is 1. The minimum atomic E-state index is -3.89. The molecule has 0 aromatic heterocycles. The fourth-order valence-corrected chi connectivity index (χ4v) is 1.61. The summed E-state index contributed by atoms with van der Waals surface area (Å²) >= 11 is -3.89. The van der Waals surface area contributed by atoms with E-state index in [-0.39, 0.29) is 50.1 Å². The number of aliphatic hydroxyl groups is 3. The molecule has 0 unspecified atom stereocenters. The van der Waals surface area contributed by atoms with Crippen LogP contribution in [0.2, 0.25) is 0 Å². The van der Waals surface area contributed by atoms with Crippen LogP contribution in [0.1, 0.15) is 20.8 Å². The van der Waals surface area contributed by atoms with Crippen LogP contribution in [0.3, 0.4) is 0 Å². The first-order chi connectivity index (χ1) is 8.05. The topological polar surface area (TPSA) is 60.7 Å². The van der Waals surface area contributed by atoms with Crippen molar-refractivity contribution in [3.05, 3.63) is 24.3 Å². The van der Waals surface area contributed by atoms with E-state index in [1.165, 1.54) is 12.1 Å². The predicted molar refractivity (Wildman–Crippen MR) is 69.3 cm³/mol. The maximum atomic E-state index is 11.8. The van der Waals surface area contributed by atoms with Crippen molar-refractivity contribution in [2.75, 3.05) is 19.8 Å². The molecule has 0 aliphatic heterocycles. The van der Waals surface area contributed by atoms with Gasteiger partial charge >= 0.3 is 50.9 Å². The Bertz CT molecular complexity index is 195. The fraction of sp³-hybridized carbons (Fsp3) is 0.545. The molecular weight excluding hydrogens is 469 g/mol. The Labute approximate surface area is 132 Å². The van der Waals surface area contributed by atoms with Crippen LogP contribution >= 0.6 is 0 Å². The van der Waals surface area contributed by atoms with Crippen molar-refractivity contribution >= 4 is 19.7 Å². The van der Waals surface area contributed by atoms with E-state index in [4.69, 9.17) is 15.3 Å². The van der Waals surface area contributed by atoms with E-state index in [1.807, 2.05) is 0 Å². The van der Waals surface area contributed by atoms with Crippen LogP contribution in [-0.2, 0) is 25.8 Å². The van der Waals surface area contributed by atoms with E-state index in [0.29, 0.717) is 0 Å². The zero-order chi connectivity index (χ0) is 14.1. The third kappa shape index (κ3) is 30.0. The smallest absolute Gasteiger partial charge is 0 e. The molecule has 1 aromatic carbocycles. The van der Waals surface area contributed by atoms with Gasteiger partial charge in [0.1, 0.15) is 0 Å². The molecular formula is C11H23F2GeHfO3-. The maximum Gasteiger partial charge on any atom is 0 e. The summed E-state index contributed by atoms with van der Waals surface area (Å²) in [6, 6.07) is 6.27. The standard InChI is InChI=1S/C5H5F2Ge.3C2H6O.Hf/c6-8(7)5-3-1-2-4-5;3*1-2-3;/h1-4,8H;3*3H,2H2,1H3;/q-1;;;;. The van der Waals surface area contributed by atoms with Gasteiger partial charge in [0.05, 0.1) is 0 Å². The van der Waals surface area contributed by atoms with Crippen molar-refractivity contribution < 1.29 is 48.2 Å². The minimum absolute atomic E-state index is 0. The normalized spacial score (nSPS) is 7.61. The number of hydrogen-bond donors (Lipinski definition) is 3. The van der Waals surface area contributed by atoms with Gasteiger partial charge in [-0.25, -0.2) is 0 Å². The predicted octanol–water partition coefficient (Wildman–Crippen LogP) is 0.765. The zero-order valence-corrected chi connectivity index (χ0v) is 17.1. The molecule has 1 rings (SSSR count). The molecule has 0 atom stereocenters. The molecule has 0 heterocycles. The first kappa shape index (κ1) is 26.9. The molecule has 0 saturated heterocycles. The molecule has 0 radical (unpaired) electrons. The molecule has 0 amide bonds. The van der Waals surface area contributed by atoms with Crippen LogP contribution in [0.5, 0.6) is 0 Å². The first-order valence-corrected chi connectivity index (χ1v) is 8.42. The third-order valence-electron chi connectivity index (χ3n) is 0.940. The second kappa shape index (κ2) is 26.1. The second-order valence-corrected chi connectivity index (χ2v) is 5.13. The molecule has 7 heteroatoms. The fourth-order valence-electron chi connectivity index (χ4n) is 0.534. The number of hydrogen-bond acceptors (Lipinski definition) is 3. The Morgan fingerprint density at radius 2 is 1.11 bits per heavy atom. The van der Waals surface area contributed by atoms with Crippen molar-refractivity contribution in [3.63, 3.8) is 0 Å². The van der Waals surface area contributed by atoms with Crippen molar-refractivity contribution in [2.24, 2.45) is 0 Å². The van der Waals surface area contributed by atoms with Gasteiger partial charge in [-0.2, -0.15) is 0 Å². The molecule has 3 N–H and O–H groups in total. The van der Waals surface area contributed by atoms with Gasteiger partial charge in [0, 0.05) is 45.7 Å². The van der Waals surface area contributed by atoms with Gasteiger partial charge < -0.3 is 15.3 Å². The number of halogens is 2. The van der Waals surface area contributed by atoms with Gasteiger partial charge in [0.15, 0.2) is 0 Å². The Kier molecular flexibility index (Phi) is 39.1. The van der Waals surface area contributed by atoms with E-state index in [2.05, 4.69) is 0 Å². The molecule has 18 heavy (non-hydrogen) atoms. The summed E-state index contributed by atoms with van der Waals surface area (Å²) in [5, 5.41) is 22.7. The molecule has 0 saturated carbocycles. The van der Waals surface area contributed by atoms with Crippen LogP contribution in [-0.4, -0.2) is 50.4 Å². The van der Waals surface area contributed by atoms with Gasteiger partial charge in [0.25, 0.3) is 0 Å². The monoisotopic (exact) mass is 495 g/mol. The van der Waals surface area contributed by atoms with Crippen molar-refractivity contribution in [2.45, 2.75) is 20.8 Å². The SMILES string of the molecule is CCO.CCO.CCO.[F][GeH]([F])[c-]1cccc1.[Hf]. The van der Waals surface area contributed by atoms with Gasteiger partial charge in [-0.15, -0.1) is 0 Å². The van der Waals surface area contributed by atoms with E-state index in [9.17, 15) is 7.00 Å². The Balaban J connectivity index is -0.0000000840. The van der Waals surface area contributed by atoms with Gasteiger partial charge in [-0.1, -0.05) is 0 Å². The van der Waals surface area contributed by atoms with Gasteiger partial charge in [-0.3, -0.25) is 0 Å². The molecule has 0 spiro atoms. The summed E-state index contributed by atoms with van der Waals surface area (Å²) in [5.41, 5.74) is 0. The largest absolute Gasteiger partial charge is 0 e. The van der Waals surface area contributed by atoms with Crippen molar-refractivity contribution in [1.82, 2.24) is 0 Å². The summed E-state index contributed by atoms with van der Waals surface area (Å²) in [7, 11) is 0. The van der Waals surface area contributed by atoms with Crippen LogP contribution in [0, 0.1) is 0 Å². The van der Waals surface area contributed by atoms with E-state index in [1.54, 1.807) is 32.9 Å². The zero-order valence-electron chi connectivity index (χ0n) is 11.1. The average molecular weight is 492 g/mol. The molecule has 0 fully saturated rings. The average Bonchev–Trinajstić information content (AvgIpc) is 2.73. The molecule has 0 bridgehead atoms. The van der Waals surface area contributed by atoms with E-state index >= 15 is 0 Å². The Hall–Kier alpha value is 0.503. The van der Waals surface area contributed by atoms with Gasteiger partial charge in [0.2, 0.25) is 0 Å². The van der Waals surface area contributed by atoms with Crippen LogP contribution < -0.4 is 4.40 Å². The van der Waals surface area contributed by atoms with Crippen LogP contribution in [0.4, 0.5) is 7.00 Å². The quantitative estimate of drug-likeness (QED) is 0.401.